The molecule has 0 spiro atoms. The zero-order valence-electron chi connectivity index (χ0n) is 13.8. The molecule has 4 nitrogen and oxygen atoms in total. The van der Waals surface area contributed by atoms with Gasteiger partial charge < -0.3 is 15.4 Å². The van der Waals surface area contributed by atoms with Crippen LogP contribution in [0.25, 0.3) is 0 Å². The first-order valence-electron chi connectivity index (χ1n) is 8.16. The molecule has 0 bridgehead atoms. The lowest BCUT2D eigenvalue weighted by Crippen LogP contribution is -2.38. The van der Waals surface area contributed by atoms with Gasteiger partial charge in [0.25, 0.3) is 0 Å². The molecular formula is C19H23ClN2O2. The molecule has 0 radical (unpaired) electrons. The van der Waals surface area contributed by atoms with Gasteiger partial charge in [-0.25, -0.2) is 4.79 Å². The number of carbonyl (C=O) groups excluding carboxylic acids is 1. The van der Waals surface area contributed by atoms with Crippen molar-refractivity contribution in [2.45, 2.75) is 19.8 Å². The van der Waals surface area contributed by atoms with Crippen LogP contribution in [0.2, 0.25) is 5.02 Å². The molecule has 2 aromatic rings. The van der Waals surface area contributed by atoms with Crippen LogP contribution in [0, 0.1) is 0 Å². The minimum atomic E-state index is -0.190. The number of benzene rings is 2. The lowest BCUT2D eigenvalue weighted by molar-refractivity contribution is 0.236. The maximum atomic E-state index is 11.7. The molecule has 2 N–H and O–H groups in total. The number of carbonyl (C=O) groups is 1. The van der Waals surface area contributed by atoms with E-state index >= 15 is 0 Å². The highest BCUT2D eigenvalue weighted by Gasteiger charge is 2.02. The molecule has 2 aromatic carbocycles. The topological polar surface area (TPSA) is 50.4 Å². The fourth-order valence-corrected chi connectivity index (χ4v) is 2.55. The Morgan fingerprint density at radius 2 is 1.88 bits per heavy atom. The molecule has 5 heteroatoms. The Morgan fingerprint density at radius 1 is 1.08 bits per heavy atom. The van der Waals surface area contributed by atoms with Crippen molar-refractivity contribution in [3.8, 4) is 5.75 Å². The summed E-state index contributed by atoms with van der Waals surface area (Å²) >= 11 is 5.93. The van der Waals surface area contributed by atoms with Crippen LogP contribution in [-0.4, -0.2) is 25.7 Å². The third kappa shape index (κ3) is 6.13. The number of hydrogen-bond acceptors (Lipinski definition) is 2. The lowest BCUT2D eigenvalue weighted by Gasteiger charge is -2.11. The Morgan fingerprint density at radius 3 is 2.67 bits per heavy atom. The molecule has 0 heterocycles. The predicted octanol–water partition coefficient (Wildman–Crippen LogP) is 3.82. The summed E-state index contributed by atoms with van der Waals surface area (Å²) in [5.41, 5.74) is 2.27. The summed E-state index contributed by atoms with van der Waals surface area (Å²) in [4.78, 5) is 11.7. The molecule has 24 heavy (non-hydrogen) atoms. The zero-order valence-corrected chi connectivity index (χ0v) is 14.6. The summed E-state index contributed by atoms with van der Waals surface area (Å²) in [6, 6.07) is 15.4. The monoisotopic (exact) mass is 346 g/mol. The number of nitrogens with one attached hydrogen (secondary N) is 2. The van der Waals surface area contributed by atoms with Crippen LogP contribution in [0.1, 0.15) is 18.1 Å². The number of amides is 2. The molecule has 0 saturated carbocycles. The Bertz CT molecular complexity index is 661. The molecule has 0 atom stereocenters. The minimum absolute atomic E-state index is 0.190. The zero-order chi connectivity index (χ0) is 17.2. The third-order valence-corrected chi connectivity index (χ3v) is 3.82. The fraction of sp³-hybridized carbons (Fsp3) is 0.316. The average molecular weight is 347 g/mol. The predicted molar refractivity (Wildman–Crippen MR) is 97.9 cm³/mol. The summed E-state index contributed by atoms with van der Waals surface area (Å²) in [6.07, 6.45) is 1.67. The summed E-state index contributed by atoms with van der Waals surface area (Å²) < 4.78 is 5.71. The van der Waals surface area contributed by atoms with Gasteiger partial charge in [-0.2, -0.15) is 0 Å². The molecular weight excluding hydrogens is 324 g/mol. The molecule has 0 fully saturated rings. The van der Waals surface area contributed by atoms with Crippen LogP contribution < -0.4 is 15.4 Å². The summed E-state index contributed by atoms with van der Waals surface area (Å²) in [5, 5.41) is 6.32. The van der Waals surface area contributed by atoms with E-state index in [4.69, 9.17) is 16.3 Å². The number of urea groups is 1. The highest BCUT2D eigenvalue weighted by molar-refractivity contribution is 6.30. The quantitative estimate of drug-likeness (QED) is 0.714. The van der Waals surface area contributed by atoms with Gasteiger partial charge in [-0.3, -0.25) is 0 Å². The first-order chi connectivity index (χ1) is 11.7. The minimum Gasteiger partial charge on any atom is -0.491 e. The third-order valence-electron chi connectivity index (χ3n) is 3.59. The van der Waals surface area contributed by atoms with Crippen molar-refractivity contribution in [1.82, 2.24) is 10.6 Å². The number of ether oxygens (including phenoxy) is 1. The fourth-order valence-electron chi connectivity index (χ4n) is 2.34. The number of rotatable bonds is 8. The van der Waals surface area contributed by atoms with Crippen LogP contribution in [0.3, 0.4) is 0 Å². The lowest BCUT2D eigenvalue weighted by atomic mass is 10.1. The average Bonchev–Trinajstić information content (AvgIpc) is 2.59. The SMILES string of the molecule is CCc1ccccc1OCCNC(=O)NCCc1cccc(Cl)c1. The van der Waals surface area contributed by atoms with Gasteiger partial charge in [0.2, 0.25) is 0 Å². The van der Waals surface area contributed by atoms with Gasteiger partial charge in [-0.05, 0) is 42.2 Å². The largest absolute Gasteiger partial charge is 0.491 e. The van der Waals surface area contributed by atoms with E-state index in [-0.39, 0.29) is 6.03 Å². The van der Waals surface area contributed by atoms with Gasteiger partial charge >= 0.3 is 6.03 Å². The van der Waals surface area contributed by atoms with Gasteiger partial charge in [0.1, 0.15) is 12.4 Å². The van der Waals surface area contributed by atoms with E-state index in [1.807, 2.05) is 48.5 Å². The van der Waals surface area contributed by atoms with E-state index in [0.717, 1.165) is 24.2 Å². The molecule has 0 unspecified atom stereocenters. The Kier molecular flexibility index (Phi) is 7.43. The molecule has 0 aliphatic rings. The van der Waals surface area contributed by atoms with Crippen LogP contribution in [0.15, 0.2) is 48.5 Å². The molecule has 0 aromatic heterocycles. The highest BCUT2D eigenvalue weighted by Crippen LogP contribution is 2.17. The van der Waals surface area contributed by atoms with Crippen molar-refractivity contribution in [2.24, 2.45) is 0 Å². The van der Waals surface area contributed by atoms with Crippen molar-refractivity contribution in [3.05, 3.63) is 64.7 Å². The van der Waals surface area contributed by atoms with E-state index in [0.29, 0.717) is 24.7 Å². The van der Waals surface area contributed by atoms with Crippen molar-refractivity contribution in [1.29, 1.82) is 0 Å². The van der Waals surface area contributed by atoms with Gasteiger partial charge in [-0.15, -0.1) is 0 Å². The Hall–Kier alpha value is -2.20. The van der Waals surface area contributed by atoms with Gasteiger partial charge in [0.15, 0.2) is 0 Å². The van der Waals surface area contributed by atoms with Crippen molar-refractivity contribution in [2.75, 3.05) is 19.7 Å². The van der Waals surface area contributed by atoms with Crippen LogP contribution in [0.4, 0.5) is 4.79 Å². The summed E-state index contributed by atoms with van der Waals surface area (Å²) in [6.45, 7) is 3.55. The molecule has 2 rings (SSSR count). The van der Waals surface area contributed by atoms with Crippen molar-refractivity contribution >= 4 is 17.6 Å². The van der Waals surface area contributed by atoms with E-state index in [2.05, 4.69) is 17.6 Å². The van der Waals surface area contributed by atoms with Crippen LogP contribution in [-0.2, 0) is 12.8 Å². The first kappa shape index (κ1) is 18.1. The van der Waals surface area contributed by atoms with Gasteiger partial charge in [0.05, 0.1) is 6.54 Å². The number of halogens is 1. The number of hydrogen-bond donors (Lipinski definition) is 2. The van der Waals surface area contributed by atoms with E-state index in [1.165, 1.54) is 5.56 Å². The van der Waals surface area contributed by atoms with Gasteiger partial charge in [0, 0.05) is 11.6 Å². The normalized spacial score (nSPS) is 10.2. The van der Waals surface area contributed by atoms with Crippen LogP contribution in [0.5, 0.6) is 5.75 Å². The molecule has 0 aliphatic heterocycles. The molecule has 128 valence electrons. The van der Waals surface area contributed by atoms with Crippen molar-refractivity contribution < 1.29 is 9.53 Å². The summed E-state index contributed by atoms with van der Waals surface area (Å²) in [7, 11) is 0. The second-order valence-electron chi connectivity index (χ2n) is 5.37. The second kappa shape index (κ2) is 9.83. The van der Waals surface area contributed by atoms with Gasteiger partial charge in [-0.1, -0.05) is 48.9 Å². The molecule has 0 saturated heterocycles. The number of para-hydroxylation sites is 1. The molecule has 0 aliphatic carbocycles. The number of aryl methyl sites for hydroxylation is 1. The smallest absolute Gasteiger partial charge is 0.314 e. The Labute approximate surface area is 148 Å². The maximum Gasteiger partial charge on any atom is 0.314 e. The van der Waals surface area contributed by atoms with Crippen LogP contribution >= 0.6 is 11.6 Å². The Balaban J connectivity index is 1.61. The van der Waals surface area contributed by atoms with E-state index in [9.17, 15) is 4.79 Å². The second-order valence-corrected chi connectivity index (χ2v) is 5.81. The highest BCUT2D eigenvalue weighted by atomic mass is 35.5. The standard InChI is InChI=1S/C19H23ClN2O2/c1-2-16-7-3-4-9-18(16)24-13-12-22-19(23)21-11-10-15-6-5-8-17(20)14-15/h3-9,14H,2,10-13H2,1H3,(H2,21,22,23). The maximum absolute atomic E-state index is 11.7. The first-order valence-corrected chi connectivity index (χ1v) is 8.53. The van der Waals surface area contributed by atoms with Crippen molar-refractivity contribution in [3.63, 3.8) is 0 Å². The van der Waals surface area contributed by atoms with E-state index < -0.39 is 0 Å². The summed E-state index contributed by atoms with van der Waals surface area (Å²) in [5.74, 6) is 0.878. The molecule has 2 amide bonds. The van der Waals surface area contributed by atoms with E-state index in [1.54, 1.807) is 0 Å².